The van der Waals surface area contributed by atoms with Crippen molar-refractivity contribution in [3.05, 3.63) is 74.8 Å². The van der Waals surface area contributed by atoms with Gasteiger partial charge in [0.2, 0.25) is 0 Å². The van der Waals surface area contributed by atoms with Gasteiger partial charge in [-0.1, -0.05) is 29.8 Å². The van der Waals surface area contributed by atoms with E-state index in [9.17, 15) is 8.42 Å². The third-order valence-corrected chi connectivity index (χ3v) is 8.11. The zero-order chi connectivity index (χ0) is 20.3. The normalized spacial score (nSPS) is 16.5. The molecule has 5 nitrogen and oxygen atoms in total. The Morgan fingerprint density at radius 3 is 2.76 bits per heavy atom. The van der Waals surface area contributed by atoms with Crippen LogP contribution in [0.15, 0.2) is 53.7 Å². The van der Waals surface area contributed by atoms with Gasteiger partial charge in [-0.2, -0.15) is 0 Å². The number of hydrogen-bond donors (Lipinski definition) is 1. The summed E-state index contributed by atoms with van der Waals surface area (Å²) in [6, 6.07) is 13.1. The first-order chi connectivity index (χ1) is 14.0. The van der Waals surface area contributed by atoms with E-state index in [2.05, 4.69) is 10.3 Å². The average molecular weight is 448 g/mol. The Labute approximate surface area is 180 Å². The van der Waals surface area contributed by atoms with Gasteiger partial charge in [0.15, 0.2) is 14.9 Å². The molecule has 1 unspecified atom stereocenters. The van der Waals surface area contributed by atoms with Crippen LogP contribution in [0.1, 0.15) is 33.6 Å². The first kappa shape index (κ1) is 20.5. The molecule has 8 heteroatoms. The fourth-order valence-electron chi connectivity index (χ4n) is 3.50. The molecular formula is C21H22ClN3O2S2. The quantitative estimate of drug-likeness (QED) is 0.592. The number of nitrogens with one attached hydrogen (secondary N) is 1. The van der Waals surface area contributed by atoms with Gasteiger partial charge in [-0.3, -0.25) is 0 Å². The lowest BCUT2D eigenvalue weighted by molar-refractivity contribution is 0.495. The Kier molecular flexibility index (Phi) is 6.29. The second kappa shape index (κ2) is 8.92. The fraction of sp³-hybridized carbons (Fsp3) is 0.333. The lowest BCUT2D eigenvalue weighted by Gasteiger charge is -2.23. The highest BCUT2D eigenvalue weighted by Crippen LogP contribution is 2.31. The number of hydrogen-bond acceptors (Lipinski definition) is 6. The smallest absolute Gasteiger partial charge is 0.195 e. The van der Waals surface area contributed by atoms with Crippen molar-refractivity contribution in [1.29, 1.82) is 0 Å². The Hall–Kier alpha value is -1.80. The van der Waals surface area contributed by atoms with E-state index >= 15 is 0 Å². The van der Waals surface area contributed by atoms with Gasteiger partial charge >= 0.3 is 0 Å². The van der Waals surface area contributed by atoms with Crippen LogP contribution >= 0.6 is 22.9 Å². The lowest BCUT2D eigenvalue weighted by Crippen LogP contribution is -2.30. The number of nitrogens with zero attached hydrogens (tertiary/aromatic N) is 2. The SMILES string of the molecule is O=S(=O)(CCCc1nc2c(s1)CCNC2Cc1ccc(Cl)cc1)c1ccccn1. The third kappa shape index (κ3) is 5.04. The molecule has 0 spiro atoms. The number of thiazole rings is 1. The van der Waals surface area contributed by atoms with E-state index in [1.165, 1.54) is 16.6 Å². The molecule has 3 heterocycles. The Balaban J connectivity index is 1.40. The maximum atomic E-state index is 12.4. The molecule has 2 aromatic heterocycles. The molecule has 1 aromatic carbocycles. The molecular weight excluding hydrogens is 426 g/mol. The number of halogens is 1. The molecule has 1 N–H and O–H groups in total. The molecule has 0 radical (unpaired) electrons. The minimum atomic E-state index is -3.34. The molecule has 0 saturated carbocycles. The number of aryl methyl sites for hydroxylation is 1. The average Bonchev–Trinajstić information content (AvgIpc) is 3.14. The van der Waals surface area contributed by atoms with Gasteiger partial charge in [0.25, 0.3) is 0 Å². The summed E-state index contributed by atoms with van der Waals surface area (Å²) in [6.45, 7) is 0.931. The number of aromatic nitrogens is 2. The minimum Gasteiger partial charge on any atom is -0.308 e. The van der Waals surface area contributed by atoms with Crippen molar-refractivity contribution in [3.8, 4) is 0 Å². The molecule has 0 aliphatic carbocycles. The van der Waals surface area contributed by atoms with Crippen LogP contribution in [0.5, 0.6) is 0 Å². The number of benzene rings is 1. The maximum absolute atomic E-state index is 12.4. The van der Waals surface area contributed by atoms with E-state index in [1.54, 1.807) is 29.5 Å². The highest BCUT2D eigenvalue weighted by molar-refractivity contribution is 7.91. The first-order valence-corrected chi connectivity index (χ1v) is 12.5. The summed E-state index contributed by atoms with van der Waals surface area (Å²) in [7, 11) is -3.34. The largest absolute Gasteiger partial charge is 0.308 e. The monoisotopic (exact) mass is 447 g/mol. The Morgan fingerprint density at radius 1 is 1.17 bits per heavy atom. The molecule has 3 aromatic rings. The van der Waals surface area contributed by atoms with E-state index < -0.39 is 9.84 Å². The number of sulfone groups is 1. The topological polar surface area (TPSA) is 72.0 Å². The fourth-order valence-corrected chi connectivity index (χ4v) is 6.04. The molecule has 4 rings (SSSR count). The second-order valence-corrected chi connectivity index (χ2v) is 10.8. The summed E-state index contributed by atoms with van der Waals surface area (Å²) >= 11 is 7.70. The summed E-state index contributed by atoms with van der Waals surface area (Å²) in [5.74, 6) is 0.0840. The highest BCUT2D eigenvalue weighted by Gasteiger charge is 2.25. The lowest BCUT2D eigenvalue weighted by atomic mass is 9.99. The van der Waals surface area contributed by atoms with E-state index in [1.807, 2.05) is 24.3 Å². The summed E-state index contributed by atoms with van der Waals surface area (Å²) in [4.78, 5) is 10.1. The number of fused-ring (bicyclic) bond motifs is 1. The molecule has 0 bridgehead atoms. The van der Waals surface area contributed by atoms with Crippen molar-refractivity contribution in [2.45, 2.75) is 36.8 Å². The van der Waals surface area contributed by atoms with Gasteiger partial charge < -0.3 is 5.32 Å². The zero-order valence-electron chi connectivity index (χ0n) is 15.8. The van der Waals surface area contributed by atoms with Gasteiger partial charge in [0, 0.05) is 29.1 Å². The molecule has 0 amide bonds. The van der Waals surface area contributed by atoms with Crippen molar-refractivity contribution < 1.29 is 8.42 Å². The van der Waals surface area contributed by atoms with Gasteiger partial charge in [0.05, 0.1) is 22.5 Å². The second-order valence-electron chi connectivity index (χ2n) is 7.09. The molecule has 0 saturated heterocycles. The van der Waals surface area contributed by atoms with E-state index in [0.717, 1.165) is 35.1 Å². The molecule has 29 heavy (non-hydrogen) atoms. The maximum Gasteiger partial charge on any atom is 0.195 e. The van der Waals surface area contributed by atoms with E-state index in [-0.39, 0.29) is 16.8 Å². The Bertz CT molecular complexity index is 1070. The summed E-state index contributed by atoms with van der Waals surface area (Å²) in [5.41, 5.74) is 2.33. The molecule has 0 fully saturated rings. The van der Waals surface area contributed by atoms with Crippen LogP contribution in [-0.2, 0) is 29.1 Å². The highest BCUT2D eigenvalue weighted by atomic mass is 35.5. The van der Waals surface area contributed by atoms with Crippen molar-refractivity contribution in [1.82, 2.24) is 15.3 Å². The van der Waals surface area contributed by atoms with Gasteiger partial charge in [-0.25, -0.2) is 18.4 Å². The Morgan fingerprint density at radius 2 is 2.00 bits per heavy atom. The molecule has 1 aliphatic rings. The van der Waals surface area contributed by atoms with Crippen molar-refractivity contribution in [3.63, 3.8) is 0 Å². The van der Waals surface area contributed by atoms with Crippen molar-refractivity contribution in [2.75, 3.05) is 12.3 Å². The number of rotatable bonds is 7. The molecule has 1 aliphatic heterocycles. The van der Waals surface area contributed by atoms with Crippen LogP contribution in [0.3, 0.4) is 0 Å². The summed E-state index contributed by atoms with van der Waals surface area (Å²) in [5, 5.41) is 5.45. The van der Waals surface area contributed by atoms with Crippen LogP contribution in [0.25, 0.3) is 0 Å². The van der Waals surface area contributed by atoms with Crippen LogP contribution < -0.4 is 5.32 Å². The number of pyridine rings is 1. The summed E-state index contributed by atoms with van der Waals surface area (Å²) < 4.78 is 24.8. The first-order valence-electron chi connectivity index (χ1n) is 9.61. The van der Waals surface area contributed by atoms with E-state index in [0.29, 0.717) is 12.8 Å². The zero-order valence-corrected chi connectivity index (χ0v) is 18.2. The standard InChI is InChI=1S/C21H22ClN3O2S2/c22-16-8-6-15(7-9-16)14-17-21-18(10-12-23-17)28-19(25-21)4-3-13-29(26,27)20-5-1-2-11-24-20/h1-2,5-9,11,17,23H,3-4,10,12-14H2. The van der Waals surface area contributed by atoms with Crippen LogP contribution in [-0.4, -0.2) is 30.7 Å². The van der Waals surface area contributed by atoms with Crippen molar-refractivity contribution >= 4 is 32.8 Å². The van der Waals surface area contributed by atoms with Gasteiger partial charge in [0.1, 0.15) is 0 Å². The molecule has 152 valence electrons. The van der Waals surface area contributed by atoms with Crippen LogP contribution in [0, 0.1) is 0 Å². The summed E-state index contributed by atoms with van der Waals surface area (Å²) in [6.07, 6.45) is 4.55. The van der Waals surface area contributed by atoms with E-state index in [4.69, 9.17) is 16.6 Å². The van der Waals surface area contributed by atoms with Crippen LogP contribution in [0.4, 0.5) is 0 Å². The predicted molar refractivity (Wildman–Crippen MR) is 116 cm³/mol. The minimum absolute atomic E-state index is 0.0840. The van der Waals surface area contributed by atoms with Crippen LogP contribution in [0.2, 0.25) is 5.02 Å². The predicted octanol–water partition coefficient (Wildman–Crippen LogP) is 4.03. The molecule has 1 atom stereocenters. The van der Waals surface area contributed by atoms with Gasteiger partial charge in [-0.05, 0) is 49.1 Å². The van der Waals surface area contributed by atoms with Gasteiger partial charge in [-0.15, -0.1) is 11.3 Å². The van der Waals surface area contributed by atoms with Crippen molar-refractivity contribution in [2.24, 2.45) is 0 Å². The third-order valence-electron chi connectivity index (χ3n) is 4.96.